The van der Waals surface area contributed by atoms with Gasteiger partial charge in [-0.05, 0) is 12.1 Å². The summed E-state index contributed by atoms with van der Waals surface area (Å²) in [5.74, 6) is 0.983. The van der Waals surface area contributed by atoms with Crippen LogP contribution in [0.25, 0.3) is 0 Å². The van der Waals surface area contributed by atoms with Gasteiger partial charge in [-0.3, -0.25) is 0 Å². The highest BCUT2D eigenvalue weighted by molar-refractivity contribution is 5.45. The largest absolute Gasteiger partial charge is 0.366 e. The zero-order valence-electron chi connectivity index (χ0n) is 9.83. The summed E-state index contributed by atoms with van der Waals surface area (Å²) in [5, 5.41) is 8.67. The van der Waals surface area contributed by atoms with Crippen LogP contribution in [0.2, 0.25) is 0 Å². The zero-order chi connectivity index (χ0) is 12.3. The molecule has 17 heavy (non-hydrogen) atoms. The van der Waals surface area contributed by atoms with Crippen molar-refractivity contribution in [3.05, 3.63) is 42.2 Å². The van der Waals surface area contributed by atoms with Crippen LogP contribution in [0.5, 0.6) is 0 Å². The molecule has 2 aromatic rings. The number of hydrogen-bond acceptors (Lipinski definition) is 4. The first-order valence-corrected chi connectivity index (χ1v) is 5.24. The number of aromatic nitrogens is 3. The van der Waals surface area contributed by atoms with Gasteiger partial charge in [-0.1, -0.05) is 0 Å². The number of nitriles is 1. The smallest absolute Gasteiger partial charge is 0.140 e. The number of rotatable bonds is 3. The van der Waals surface area contributed by atoms with Crippen molar-refractivity contribution in [3.63, 3.8) is 0 Å². The molecule has 2 aromatic heterocycles. The second-order valence-electron chi connectivity index (χ2n) is 3.82. The number of imidazole rings is 1. The van der Waals surface area contributed by atoms with Gasteiger partial charge in [0.25, 0.3) is 0 Å². The second kappa shape index (κ2) is 4.66. The fraction of sp³-hybridized carbons (Fsp3) is 0.250. The van der Waals surface area contributed by atoms with Gasteiger partial charge in [0, 0.05) is 26.5 Å². The van der Waals surface area contributed by atoms with E-state index in [9.17, 15) is 0 Å². The molecule has 0 amide bonds. The van der Waals surface area contributed by atoms with Gasteiger partial charge in [-0.25, -0.2) is 9.97 Å². The lowest BCUT2D eigenvalue weighted by atomic mass is 10.3. The van der Waals surface area contributed by atoms with E-state index < -0.39 is 0 Å². The van der Waals surface area contributed by atoms with Crippen LogP contribution < -0.4 is 4.90 Å². The molecule has 0 bridgehead atoms. The first-order chi connectivity index (χ1) is 8.20. The average molecular weight is 227 g/mol. The molecule has 0 aromatic carbocycles. The number of nitrogens with zero attached hydrogens (tertiary/aromatic N) is 5. The lowest BCUT2D eigenvalue weighted by molar-refractivity contribution is 0.760. The minimum Gasteiger partial charge on any atom is -0.366 e. The number of hydrogen-bond donors (Lipinski definition) is 0. The molecule has 0 fully saturated rings. The molecule has 0 radical (unpaired) electrons. The fourth-order valence-electron chi connectivity index (χ4n) is 1.53. The van der Waals surface area contributed by atoms with E-state index in [2.05, 4.69) is 9.97 Å². The molecule has 5 heteroatoms. The first-order valence-electron chi connectivity index (χ1n) is 5.24. The molecule has 2 heterocycles. The Hall–Kier alpha value is -2.35. The second-order valence-corrected chi connectivity index (χ2v) is 3.82. The van der Waals surface area contributed by atoms with E-state index in [0.29, 0.717) is 12.2 Å². The normalized spacial score (nSPS) is 9.94. The SMILES string of the molecule is CN(Cc1nccn1C)c1ccc(C#N)nc1. The minimum atomic E-state index is 0.430. The van der Waals surface area contributed by atoms with Crippen molar-refractivity contribution in [2.45, 2.75) is 6.54 Å². The Morgan fingerprint density at radius 1 is 1.41 bits per heavy atom. The average Bonchev–Trinajstić information content (AvgIpc) is 2.75. The number of anilines is 1. The molecule has 0 aliphatic heterocycles. The van der Waals surface area contributed by atoms with Gasteiger partial charge < -0.3 is 9.47 Å². The molecular formula is C12H13N5. The summed E-state index contributed by atoms with van der Waals surface area (Å²) in [7, 11) is 3.94. The van der Waals surface area contributed by atoms with Gasteiger partial charge in [0.1, 0.15) is 17.6 Å². The van der Waals surface area contributed by atoms with Crippen LogP contribution in [0.15, 0.2) is 30.7 Å². The van der Waals surface area contributed by atoms with Crippen LogP contribution in [0.1, 0.15) is 11.5 Å². The van der Waals surface area contributed by atoms with E-state index in [0.717, 1.165) is 11.5 Å². The van der Waals surface area contributed by atoms with E-state index in [1.807, 2.05) is 41.9 Å². The number of pyridine rings is 1. The third-order valence-corrected chi connectivity index (χ3v) is 2.60. The highest BCUT2D eigenvalue weighted by Gasteiger charge is 2.06. The highest BCUT2D eigenvalue weighted by atomic mass is 15.2. The third kappa shape index (κ3) is 2.42. The van der Waals surface area contributed by atoms with Crippen molar-refractivity contribution >= 4 is 5.69 Å². The maximum Gasteiger partial charge on any atom is 0.140 e. The van der Waals surface area contributed by atoms with Crippen LogP contribution in [0.4, 0.5) is 5.69 Å². The van der Waals surface area contributed by atoms with E-state index >= 15 is 0 Å². The van der Waals surface area contributed by atoms with Crippen LogP contribution in [-0.2, 0) is 13.6 Å². The maximum atomic E-state index is 8.67. The zero-order valence-corrected chi connectivity index (χ0v) is 9.83. The van der Waals surface area contributed by atoms with Crippen LogP contribution >= 0.6 is 0 Å². The lowest BCUT2D eigenvalue weighted by Gasteiger charge is -2.18. The molecule has 86 valence electrons. The predicted octanol–water partition coefficient (Wildman–Crippen LogP) is 1.32. The quantitative estimate of drug-likeness (QED) is 0.793. The predicted molar refractivity (Wildman–Crippen MR) is 64.3 cm³/mol. The summed E-state index contributed by atoms with van der Waals surface area (Å²) in [5.41, 5.74) is 1.39. The van der Waals surface area contributed by atoms with E-state index in [1.165, 1.54) is 0 Å². The monoisotopic (exact) mass is 227 g/mol. The summed E-state index contributed by atoms with van der Waals surface area (Å²) >= 11 is 0. The summed E-state index contributed by atoms with van der Waals surface area (Å²) in [6.45, 7) is 0.705. The standard InChI is InChI=1S/C12H13N5/c1-16-6-5-14-12(16)9-17(2)11-4-3-10(7-13)15-8-11/h3-6,8H,9H2,1-2H3. The molecule has 0 spiro atoms. The fourth-order valence-corrected chi connectivity index (χ4v) is 1.53. The van der Waals surface area contributed by atoms with Crippen molar-refractivity contribution < 1.29 is 0 Å². The Balaban J connectivity index is 2.12. The Morgan fingerprint density at radius 2 is 2.24 bits per heavy atom. The molecule has 0 saturated carbocycles. The summed E-state index contributed by atoms with van der Waals surface area (Å²) in [4.78, 5) is 10.3. The van der Waals surface area contributed by atoms with E-state index in [-0.39, 0.29) is 0 Å². The molecule has 5 nitrogen and oxygen atoms in total. The summed E-state index contributed by atoms with van der Waals surface area (Å²) < 4.78 is 1.98. The van der Waals surface area contributed by atoms with E-state index in [1.54, 1.807) is 18.5 Å². The molecular weight excluding hydrogens is 214 g/mol. The maximum absolute atomic E-state index is 8.67. The Labute approximate surface area is 100.0 Å². The van der Waals surface area contributed by atoms with Gasteiger partial charge in [0.15, 0.2) is 0 Å². The lowest BCUT2D eigenvalue weighted by Crippen LogP contribution is -2.19. The topological polar surface area (TPSA) is 57.7 Å². The molecule has 0 aliphatic carbocycles. The van der Waals surface area contributed by atoms with Crippen LogP contribution in [-0.4, -0.2) is 21.6 Å². The van der Waals surface area contributed by atoms with E-state index in [4.69, 9.17) is 5.26 Å². The van der Waals surface area contributed by atoms with Gasteiger partial charge in [-0.2, -0.15) is 5.26 Å². The molecule has 0 N–H and O–H groups in total. The number of aryl methyl sites for hydroxylation is 1. The van der Waals surface area contributed by atoms with Crippen molar-refractivity contribution in [3.8, 4) is 6.07 Å². The van der Waals surface area contributed by atoms with Crippen LogP contribution in [0, 0.1) is 11.3 Å². The summed E-state index contributed by atoms with van der Waals surface area (Å²) in [6.07, 6.45) is 5.39. The van der Waals surface area contributed by atoms with Gasteiger partial charge >= 0.3 is 0 Å². The Morgan fingerprint density at radius 3 is 2.76 bits per heavy atom. The van der Waals surface area contributed by atoms with Gasteiger partial charge in [0.2, 0.25) is 0 Å². The van der Waals surface area contributed by atoms with Crippen molar-refractivity contribution in [1.29, 1.82) is 5.26 Å². The molecule has 0 aliphatic rings. The Kier molecular flexibility index (Phi) is 3.06. The van der Waals surface area contributed by atoms with Gasteiger partial charge in [0.05, 0.1) is 18.4 Å². The summed E-state index contributed by atoms with van der Waals surface area (Å²) in [6, 6.07) is 5.60. The molecule has 2 rings (SSSR count). The first kappa shape index (κ1) is 11.1. The molecule has 0 saturated heterocycles. The van der Waals surface area contributed by atoms with Crippen molar-refractivity contribution in [1.82, 2.24) is 14.5 Å². The third-order valence-electron chi connectivity index (χ3n) is 2.60. The minimum absolute atomic E-state index is 0.430. The Bertz CT molecular complexity index is 535. The van der Waals surface area contributed by atoms with Crippen molar-refractivity contribution in [2.24, 2.45) is 7.05 Å². The van der Waals surface area contributed by atoms with Crippen LogP contribution in [0.3, 0.4) is 0 Å². The molecule has 0 atom stereocenters. The van der Waals surface area contributed by atoms with Crippen molar-refractivity contribution in [2.75, 3.05) is 11.9 Å². The van der Waals surface area contributed by atoms with Gasteiger partial charge in [-0.15, -0.1) is 0 Å². The molecule has 0 unspecified atom stereocenters. The highest BCUT2D eigenvalue weighted by Crippen LogP contribution is 2.13.